The van der Waals surface area contributed by atoms with E-state index in [9.17, 15) is 5.11 Å². The Labute approximate surface area is 147 Å². The van der Waals surface area contributed by atoms with E-state index in [2.05, 4.69) is 63.1 Å². The third kappa shape index (κ3) is 4.18. The summed E-state index contributed by atoms with van der Waals surface area (Å²) < 4.78 is 0. The van der Waals surface area contributed by atoms with E-state index >= 15 is 0 Å². The van der Waals surface area contributed by atoms with Gasteiger partial charge in [-0.15, -0.1) is 0 Å². The Hall–Kier alpha value is -1.80. The molecule has 1 unspecified atom stereocenters. The van der Waals surface area contributed by atoms with E-state index < -0.39 is 0 Å². The first kappa shape index (κ1) is 18.5. The molecule has 0 aromatic heterocycles. The number of allylic oxidation sites excluding steroid dienone is 9. The third-order valence-corrected chi connectivity index (χ3v) is 5.06. The van der Waals surface area contributed by atoms with Crippen LogP contribution in [0.2, 0.25) is 0 Å². The molecule has 24 heavy (non-hydrogen) atoms. The van der Waals surface area contributed by atoms with E-state index in [1.165, 1.54) is 22.3 Å². The summed E-state index contributed by atoms with van der Waals surface area (Å²) in [6, 6.07) is 0.420. The smallest absolute Gasteiger partial charge is 0.0898 e. The van der Waals surface area contributed by atoms with Gasteiger partial charge in [0.1, 0.15) is 0 Å². The summed E-state index contributed by atoms with van der Waals surface area (Å²) in [6.45, 7) is 9.34. The lowest BCUT2D eigenvalue weighted by Crippen LogP contribution is -2.36. The van der Waals surface area contributed by atoms with E-state index in [0.717, 1.165) is 31.4 Å². The number of hydrogen-bond donors (Lipinski definition) is 1. The molecule has 1 N–H and O–H groups in total. The highest BCUT2D eigenvalue weighted by Gasteiger charge is 2.27. The molecule has 0 spiro atoms. The molecule has 2 nitrogen and oxygen atoms in total. The second kappa shape index (κ2) is 8.34. The van der Waals surface area contributed by atoms with Crippen molar-refractivity contribution in [3.05, 3.63) is 70.1 Å². The number of aliphatic hydroxyl groups excluding tert-OH is 1. The minimum Gasteiger partial charge on any atom is -0.513 e. The minimum atomic E-state index is 0.356. The maximum atomic E-state index is 9.87. The molecule has 0 aromatic carbocycles. The van der Waals surface area contributed by atoms with Crippen LogP contribution in [-0.2, 0) is 0 Å². The van der Waals surface area contributed by atoms with Crippen LogP contribution < -0.4 is 0 Å². The van der Waals surface area contributed by atoms with Crippen molar-refractivity contribution in [2.24, 2.45) is 0 Å². The molecular weight excluding hydrogens is 294 g/mol. The van der Waals surface area contributed by atoms with E-state index in [1.54, 1.807) is 6.92 Å². The van der Waals surface area contributed by atoms with Crippen LogP contribution in [0.5, 0.6) is 0 Å². The van der Waals surface area contributed by atoms with Crippen LogP contribution in [0.15, 0.2) is 70.1 Å². The zero-order valence-corrected chi connectivity index (χ0v) is 15.8. The molecule has 0 fully saturated rings. The Morgan fingerprint density at radius 1 is 1.42 bits per heavy atom. The fourth-order valence-corrected chi connectivity index (χ4v) is 3.62. The van der Waals surface area contributed by atoms with Crippen molar-refractivity contribution in [2.45, 2.75) is 53.0 Å². The predicted octanol–water partition coefficient (Wildman–Crippen LogP) is 5.64. The van der Waals surface area contributed by atoms with Crippen LogP contribution in [0.25, 0.3) is 0 Å². The summed E-state index contributed by atoms with van der Waals surface area (Å²) in [6.07, 6.45) is 16.1. The quantitative estimate of drug-likeness (QED) is 0.679. The number of fused-ring (bicyclic) bond motifs is 1. The molecule has 1 aliphatic heterocycles. The average molecular weight is 325 g/mol. The number of aliphatic hydroxyl groups is 1. The van der Waals surface area contributed by atoms with Crippen LogP contribution in [0.3, 0.4) is 0 Å². The second-order valence-electron chi connectivity index (χ2n) is 6.81. The van der Waals surface area contributed by atoms with Gasteiger partial charge in [0.05, 0.1) is 5.76 Å². The fraction of sp³-hybridized carbons (Fsp3) is 0.455. The molecule has 1 atom stereocenters. The van der Waals surface area contributed by atoms with E-state index in [4.69, 9.17) is 0 Å². The summed E-state index contributed by atoms with van der Waals surface area (Å²) in [5.74, 6) is 0.356. The van der Waals surface area contributed by atoms with Gasteiger partial charge in [0.15, 0.2) is 0 Å². The molecule has 0 saturated carbocycles. The maximum Gasteiger partial charge on any atom is 0.0898 e. The lowest BCUT2D eigenvalue weighted by atomic mass is 9.81. The van der Waals surface area contributed by atoms with Crippen LogP contribution in [0, 0.1) is 0 Å². The molecule has 2 heteroatoms. The standard InChI is InChI=1S/C22H31NO/c1-6-9-19-15-22-17(4)20(21(19)14-16(3)24)11-8-10-18(7-2)12-13-23(22)5/h6,8-11,14,22,24H,7,12-13,15H2,1-5H3/b9-6-,11-8-,16-14+,18-10+. The molecule has 130 valence electrons. The number of likely N-dealkylation sites (N-methyl/N-ethyl adjacent to an activating group) is 1. The van der Waals surface area contributed by atoms with Crippen molar-refractivity contribution >= 4 is 0 Å². The van der Waals surface area contributed by atoms with E-state index in [-0.39, 0.29) is 0 Å². The van der Waals surface area contributed by atoms with Gasteiger partial charge in [-0.2, -0.15) is 0 Å². The summed E-state index contributed by atoms with van der Waals surface area (Å²) >= 11 is 0. The zero-order chi connectivity index (χ0) is 17.7. The highest BCUT2D eigenvalue weighted by molar-refractivity contribution is 5.58. The van der Waals surface area contributed by atoms with Gasteiger partial charge in [-0.05, 0) is 75.4 Å². The third-order valence-electron chi connectivity index (χ3n) is 5.06. The lowest BCUT2D eigenvalue weighted by molar-refractivity contribution is 0.269. The first-order chi connectivity index (χ1) is 11.5. The number of nitrogens with zero attached hydrogens (tertiary/aromatic N) is 1. The predicted molar refractivity (Wildman–Crippen MR) is 104 cm³/mol. The Morgan fingerprint density at radius 2 is 2.17 bits per heavy atom. The van der Waals surface area contributed by atoms with Gasteiger partial charge in [0.25, 0.3) is 0 Å². The van der Waals surface area contributed by atoms with Crippen LogP contribution in [-0.4, -0.2) is 29.6 Å². The monoisotopic (exact) mass is 325 g/mol. The van der Waals surface area contributed by atoms with Crippen molar-refractivity contribution in [2.75, 3.05) is 13.6 Å². The van der Waals surface area contributed by atoms with Gasteiger partial charge in [0, 0.05) is 12.6 Å². The topological polar surface area (TPSA) is 23.5 Å². The summed E-state index contributed by atoms with van der Waals surface area (Å²) in [5.41, 5.74) is 6.58. The van der Waals surface area contributed by atoms with Gasteiger partial charge in [-0.25, -0.2) is 0 Å². The zero-order valence-electron chi connectivity index (χ0n) is 15.8. The maximum absolute atomic E-state index is 9.87. The highest BCUT2D eigenvalue weighted by atomic mass is 16.3. The Balaban J connectivity index is 2.62. The molecule has 0 radical (unpaired) electrons. The van der Waals surface area contributed by atoms with E-state index in [0.29, 0.717) is 11.8 Å². The summed E-state index contributed by atoms with van der Waals surface area (Å²) in [5, 5.41) is 9.87. The normalized spacial score (nSPS) is 27.5. The Morgan fingerprint density at radius 3 is 2.79 bits per heavy atom. The summed E-state index contributed by atoms with van der Waals surface area (Å²) in [4.78, 5) is 2.48. The first-order valence-electron chi connectivity index (χ1n) is 8.98. The summed E-state index contributed by atoms with van der Waals surface area (Å²) in [7, 11) is 2.23. The molecular formula is C22H31NO. The van der Waals surface area contributed by atoms with Gasteiger partial charge < -0.3 is 5.11 Å². The van der Waals surface area contributed by atoms with Crippen molar-refractivity contribution in [1.82, 2.24) is 4.90 Å². The molecule has 0 saturated heterocycles. The van der Waals surface area contributed by atoms with Crippen LogP contribution in [0.4, 0.5) is 0 Å². The van der Waals surface area contributed by atoms with Crippen molar-refractivity contribution in [3.63, 3.8) is 0 Å². The molecule has 1 heterocycles. The highest BCUT2D eigenvalue weighted by Crippen LogP contribution is 2.36. The van der Waals surface area contributed by atoms with Gasteiger partial charge in [0.2, 0.25) is 0 Å². The fourth-order valence-electron chi connectivity index (χ4n) is 3.62. The largest absolute Gasteiger partial charge is 0.513 e. The molecule has 0 aromatic rings. The molecule has 1 aliphatic carbocycles. The van der Waals surface area contributed by atoms with Crippen molar-refractivity contribution in [1.29, 1.82) is 0 Å². The molecule has 2 bridgehead atoms. The van der Waals surface area contributed by atoms with Gasteiger partial charge in [-0.3, -0.25) is 4.90 Å². The molecule has 0 amide bonds. The van der Waals surface area contributed by atoms with E-state index in [1.807, 2.05) is 6.08 Å². The Kier molecular flexibility index (Phi) is 6.44. The van der Waals surface area contributed by atoms with Crippen LogP contribution >= 0.6 is 0 Å². The minimum absolute atomic E-state index is 0.356. The van der Waals surface area contributed by atoms with Crippen molar-refractivity contribution < 1.29 is 5.11 Å². The van der Waals surface area contributed by atoms with Crippen molar-refractivity contribution in [3.8, 4) is 0 Å². The second-order valence-corrected chi connectivity index (χ2v) is 6.81. The Bertz CT molecular complexity index is 651. The first-order valence-corrected chi connectivity index (χ1v) is 8.98. The molecule has 2 rings (SSSR count). The van der Waals surface area contributed by atoms with Crippen LogP contribution in [0.1, 0.15) is 47.0 Å². The number of hydrogen-bond acceptors (Lipinski definition) is 2. The van der Waals surface area contributed by atoms with Gasteiger partial charge in [-0.1, -0.05) is 42.9 Å². The number of rotatable bonds is 3. The molecule has 2 aliphatic rings. The average Bonchev–Trinajstić information content (AvgIpc) is 2.54. The SMILES string of the molecule is C/C=C\C1=C(/C=C(\C)O)C2=C(C)C(C1)N(C)CC/C(CC)=C/C=C\2. The lowest BCUT2D eigenvalue weighted by Gasteiger charge is -2.35. The van der Waals surface area contributed by atoms with Gasteiger partial charge >= 0.3 is 0 Å².